The van der Waals surface area contributed by atoms with Gasteiger partial charge in [-0.15, -0.1) is 0 Å². The molecule has 0 spiro atoms. The van der Waals surface area contributed by atoms with Crippen LogP contribution in [0.1, 0.15) is 40.7 Å². The number of likely N-dealkylation sites (tertiary alicyclic amines) is 1. The molecule has 2 aromatic rings. The number of amides is 2. The van der Waals surface area contributed by atoms with E-state index in [0.29, 0.717) is 36.6 Å². The molecule has 6 nitrogen and oxygen atoms in total. The summed E-state index contributed by atoms with van der Waals surface area (Å²) in [6, 6.07) is 8.98. The first-order chi connectivity index (χ1) is 15.0. The number of benzene rings is 2. The second-order valence-corrected chi connectivity index (χ2v) is 8.01. The van der Waals surface area contributed by atoms with Gasteiger partial charge in [-0.25, -0.2) is 4.39 Å². The Morgan fingerprint density at radius 3 is 2.35 bits per heavy atom. The summed E-state index contributed by atoms with van der Waals surface area (Å²) in [5.41, 5.74) is 2.63. The van der Waals surface area contributed by atoms with Crippen molar-refractivity contribution in [3.05, 3.63) is 58.9 Å². The number of carbonyl (C=O) groups excluding carboxylic acids is 2. The Kier molecular flexibility index (Phi) is 6.23. The Morgan fingerprint density at radius 1 is 1.00 bits per heavy atom. The van der Waals surface area contributed by atoms with Crippen molar-refractivity contribution in [2.24, 2.45) is 0 Å². The molecule has 0 unspecified atom stereocenters. The highest BCUT2D eigenvalue weighted by Gasteiger charge is 2.36. The molecule has 0 N–H and O–H groups in total. The van der Waals surface area contributed by atoms with Crippen molar-refractivity contribution in [2.45, 2.75) is 38.3 Å². The Morgan fingerprint density at radius 2 is 1.68 bits per heavy atom. The molecule has 0 radical (unpaired) electrons. The Balaban J connectivity index is 1.56. The number of methoxy groups -OCH3 is 2. The van der Waals surface area contributed by atoms with Crippen LogP contribution in [0, 0.1) is 5.82 Å². The van der Waals surface area contributed by atoms with Crippen molar-refractivity contribution >= 4 is 11.8 Å². The van der Waals surface area contributed by atoms with Gasteiger partial charge in [0.2, 0.25) is 5.91 Å². The fourth-order valence-electron chi connectivity index (χ4n) is 4.48. The summed E-state index contributed by atoms with van der Waals surface area (Å²) in [7, 11) is 3.23. The zero-order chi connectivity index (χ0) is 22.0. The number of imide groups is 1. The molecule has 1 fully saturated rings. The largest absolute Gasteiger partial charge is 0.493 e. The van der Waals surface area contributed by atoms with E-state index >= 15 is 0 Å². The Labute approximate surface area is 181 Å². The third-order valence-corrected chi connectivity index (χ3v) is 6.19. The van der Waals surface area contributed by atoms with E-state index in [1.54, 1.807) is 14.2 Å². The number of hydrogen-bond acceptors (Lipinski definition) is 5. The third kappa shape index (κ3) is 4.28. The highest BCUT2D eigenvalue weighted by Crippen LogP contribution is 2.34. The number of halogens is 1. The van der Waals surface area contributed by atoms with Gasteiger partial charge < -0.3 is 9.47 Å². The lowest BCUT2D eigenvalue weighted by atomic mass is 9.96. The van der Waals surface area contributed by atoms with Crippen molar-refractivity contribution in [3.8, 4) is 11.5 Å². The van der Waals surface area contributed by atoms with Crippen molar-refractivity contribution < 1.29 is 23.5 Å². The lowest BCUT2D eigenvalue weighted by Crippen LogP contribution is -2.50. The molecule has 2 aliphatic heterocycles. The van der Waals surface area contributed by atoms with Crippen LogP contribution in [0.4, 0.5) is 4.39 Å². The van der Waals surface area contributed by atoms with Gasteiger partial charge >= 0.3 is 0 Å². The van der Waals surface area contributed by atoms with Crippen molar-refractivity contribution in [1.82, 2.24) is 9.80 Å². The molecule has 2 aliphatic rings. The van der Waals surface area contributed by atoms with Crippen LogP contribution in [-0.4, -0.2) is 55.0 Å². The molecule has 1 atom stereocenters. The molecule has 2 aromatic carbocycles. The number of rotatable bonds is 4. The number of hydrogen-bond donors (Lipinski definition) is 0. The van der Waals surface area contributed by atoms with Gasteiger partial charge in [0.05, 0.1) is 20.3 Å². The highest BCUT2D eigenvalue weighted by atomic mass is 19.1. The summed E-state index contributed by atoms with van der Waals surface area (Å²) in [5.74, 6) is 0.437. The van der Waals surface area contributed by atoms with E-state index in [9.17, 15) is 14.0 Å². The van der Waals surface area contributed by atoms with Crippen LogP contribution in [0.25, 0.3) is 0 Å². The van der Waals surface area contributed by atoms with Gasteiger partial charge in [0.25, 0.3) is 5.91 Å². The quantitative estimate of drug-likeness (QED) is 0.702. The molecule has 2 amide bonds. The molecule has 0 aromatic heterocycles. The van der Waals surface area contributed by atoms with Gasteiger partial charge in [-0.1, -0.05) is 0 Å². The molecule has 2 heterocycles. The van der Waals surface area contributed by atoms with E-state index in [1.807, 2.05) is 12.1 Å². The zero-order valence-corrected chi connectivity index (χ0v) is 17.9. The number of ether oxygens (including phenoxy) is 2. The first-order valence-electron chi connectivity index (χ1n) is 10.6. The molecule has 7 heteroatoms. The first kappa shape index (κ1) is 21.3. The average molecular weight is 426 g/mol. The normalized spacial score (nSPS) is 19.5. The van der Waals surface area contributed by atoms with E-state index in [2.05, 4.69) is 4.90 Å². The average Bonchev–Trinajstić information content (AvgIpc) is 2.99. The van der Waals surface area contributed by atoms with E-state index in [4.69, 9.17) is 9.47 Å². The predicted octanol–water partition coefficient (Wildman–Crippen LogP) is 3.42. The van der Waals surface area contributed by atoms with E-state index in [-0.39, 0.29) is 17.9 Å². The third-order valence-electron chi connectivity index (χ3n) is 6.19. The summed E-state index contributed by atoms with van der Waals surface area (Å²) in [6.45, 7) is 1.74. The van der Waals surface area contributed by atoms with E-state index in [1.165, 1.54) is 34.7 Å². The summed E-state index contributed by atoms with van der Waals surface area (Å²) in [6.07, 6.45) is 3.16. The van der Waals surface area contributed by atoms with E-state index < -0.39 is 5.82 Å². The standard InChI is InChI=1S/C24H27FN2O4/c1-30-21-13-17-10-12-26(15-18(17)14-22(21)31-2)20-5-3-4-11-27(24(20)29)23(28)16-6-8-19(25)9-7-16/h6-9,13-14,20H,3-5,10-12,15H2,1-2H3/t20-/m0/s1. The molecule has 0 aliphatic carbocycles. The summed E-state index contributed by atoms with van der Waals surface area (Å²) in [5, 5.41) is 0. The van der Waals surface area contributed by atoms with Gasteiger partial charge in [0, 0.05) is 25.2 Å². The van der Waals surface area contributed by atoms with Crippen LogP contribution >= 0.6 is 0 Å². The maximum absolute atomic E-state index is 13.4. The van der Waals surface area contributed by atoms with Gasteiger partial charge in [0.1, 0.15) is 5.82 Å². The molecule has 0 bridgehead atoms. The van der Waals surface area contributed by atoms with Crippen LogP contribution in [0.5, 0.6) is 11.5 Å². The fraction of sp³-hybridized carbons (Fsp3) is 0.417. The number of carbonyl (C=O) groups is 2. The molecule has 31 heavy (non-hydrogen) atoms. The molecular formula is C24H27FN2O4. The molecular weight excluding hydrogens is 399 g/mol. The summed E-state index contributed by atoms with van der Waals surface area (Å²) < 4.78 is 24.1. The molecule has 0 saturated carbocycles. The van der Waals surface area contributed by atoms with Gasteiger partial charge in [-0.05, 0) is 73.2 Å². The maximum Gasteiger partial charge on any atom is 0.260 e. The van der Waals surface area contributed by atoms with Crippen LogP contribution in [0.2, 0.25) is 0 Å². The lowest BCUT2D eigenvalue weighted by molar-refractivity contribution is -0.134. The minimum absolute atomic E-state index is 0.171. The maximum atomic E-state index is 13.4. The Bertz CT molecular complexity index is 976. The summed E-state index contributed by atoms with van der Waals surface area (Å²) in [4.78, 5) is 29.9. The second-order valence-electron chi connectivity index (χ2n) is 8.01. The van der Waals surface area contributed by atoms with Gasteiger partial charge in [0.15, 0.2) is 11.5 Å². The van der Waals surface area contributed by atoms with Gasteiger partial charge in [-0.2, -0.15) is 0 Å². The molecule has 164 valence electrons. The number of fused-ring (bicyclic) bond motifs is 1. The topological polar surface area (TPSA) is 59.1 Å². The molecule has 4 rings (SSSR count). The monoisotopic (exact) mass is 426 g/mol. The van der Waals surface area contributed by atoms with Crippen LogP contribution in [0.15, 0.2) is 36.4 Å². The minimum Gasteiger partial charge on any atom is -0.493 e. The van der Waals surface area contributed by atoms with Crippen LogP contribution in [0.3, 0.4) is 0 Å². The summed E-state index contributed by atoms with van der Waals surface area (Å²) >= 11 is 0. The minimum atomic E-state index is -0.407. The zero-order valence-electron chi connectivity index (χ0n) is 17.9. The van der Waals surface area contributed by atoms with E-state index in [0.717, 1.165) is 31.4 Å². The second kappa shape index (κ2) is 9.06. The van der Waals surface area contributed by atoms with Crippen molar-refractivity contribution in [3.63, 3.8) is 0 Å². The SMILES string of the molecule is COc1cc2c(cc1OC)CN([C@H]1CCCCN(C(=O)c3ccc(F)cc3)C1=O)CC2. The first-order valence-corrected chi connectivity index (χ1v) is 10.6. The predicted molar refractivity (Wildman–Crippen MR) is 114 cm³/mol. The smallest absolute Gasteiger partial charge is 0.260 e. The molecule has 1 saturated heterocycles. The van der Waals surface area contributed by atoms with Crippen LogP contribution < -0.4 is 9.47 Å². The Hall–Kier alpha value is -2.93. The number of nitrogens with zero attached hydrogens (tertiary/aromatic N) is 2. The van der Waals surface area contributed by atoms with Crippen LogP contribution in [-0.2, 0) is 17.8 Å². The lowest BCUT2D eigenvalue weighted by Gasteiger charge is -2.36. The van der Waals surface area contributed by atoms with Crippen molar-refractivity contribution in [2.75, 3.05) is 27.3 Å². The highest BCUT2D eigenvalue weighted by molar-refractivity contribution is 6.06. The van der Waals surface area contributed by atoms with Gasteiger partial charge in [-0.3, -0.25) is 19.4 Å². The fourth-order valence-corrected chi connectivity index (χ4v) is 4.48. The van der Waals surface area contributed by atoms with Crippen molar-refractivity contribution in [1.29, 1.82) is 0 Å².